The number of hydrogen-bond acceptors (Lipinski definition) is 9. The van der Waals surface area contributed by atoms with E-state index in [1.165, 1.54) is 30.8 Å². The molecule has 1 aliphatic rings. The zero-order chi connectivity index (χ0) is 24.8. The number of rotatable bonds is 9. The van der Waals surface area contributed by atoms with Crippen LogP contribution in [0.4, 0.5) is 34.8 Å². The molecule has 184 valence electrons. The zero-order valence-electron chi connectivity index (χ0n) is 19.7. The molecular formula is C24H30N8O2S. The van der Waals surface area contributed by atoms with Gasteiger partial charge in [-0.05, 0) is 42.8 Å². The summed E-state index contributed by atoms with van der Waals surface area (Å²) in [5, 5.41) is 8.99. The third-order valence-corrected chi connectivity index (χ3v) is 5.71. The van der Waals surface area contributed by atoms with E-state index in [9.17, 15) is 9.00 Å². The van der Waals surface area contributed by atoms with Crippen molar-refractivity contribution >= 4 is 50.4 Å². The summed E-state index contributed by atoms with van der Waals surface area (Å²) in [6.07, 6.45) is 7.33. The first kappa shape index (κ1) is 24.1. The minimum absolute atomic E-state index is 0. The molecule has 1 amide bonds. The van der Waals surface area contributed by atoms with Crippen LogP contribution in [0.5, 0.6) is 0 Å². The summed E-state index contributed by atoms with van der Waals surface area (Å²) >= 11 is 0. The molecule has 1 saturated heterocycles. The summed E-state index contributed by atoms with van der Waals surface area (Å²) in [6.45, 7) is 6.08. The minimum Gasteiger partial charge on any atom is -0.371 e. The smallest absolute Gasteiger partial charge is 0.256 e. The Morgan fingerprint density at radius 3 is 2.60 bits per heavy atom. The summed E-state index contributed by atoms with van der Waals surface area (Å²) < 4.78 is 16.2. The molecule has 0 atom stereocenters. The molecule has 3 aromatic rings. The summed E-state index contributed by atoms with van der Waals surface area (Å²) in [4.78, 5) is 28.2. The van der Waals surface area contributed by atoms with Gasteiger partial charge in [0.1, 0.15) is 17.2 Å². The fourth-order valence-corrected chi connectivity index (χ4v) is 3.87. The minimum atomic E-state index is -2.37. The Hall–Kier alpha value is -3.99. The number of amides is 1. The number of nitrogens with one attached hydrogen (secondary N) is 3. The van der Waals surface area contributed by atoms with Crippen LogP contribution in [0.25, 0.3) is 0 Å². The van der Waals surface area contributed by atoms with Gasteiger partial charge in [0.15, 0.2) is 5.82 Å². The van der Waals surface area contributed by atoms with Crippen molar-refractivity contribution in [3.05, 3.63) is 66.9 Å². The largest absolute Gasteiger partial charge is 0.371 e. The molecule has 1 fully saturated rings. The second-order valence-electron chi connectivity index (χ2n) is 8.25. The molecule has 1 aliphatic heterocycles. The predicted molar refractivity (Wildman–Crippen MR) is 143 cm³/mol. The molecule has 0 aliphatic carbocycles. The van der Waals surface area contributed by atoms with Crippen LogP contribution < -0.4 is 20.9 Å². The van der Waals surface area contributed by atoms with Crippen LogP contribution in [0.1, 0.15) is 18.2 Å². The highest BCUT2D eigenvalue weighted by Gasteiger charge is 2.17. The lowest BCUT2D eigenvalue weighted by Crippen LogP contribution is -2.36. The van der Waals surface area contributed by atoms with Gasteiger partial charge < -0.3 is 20.9 Å². The highest BCUT2D eigenvalue weighted by molar-refractivity contribution is 7.92. The average molecular weight is 495 g/mol. The highest BCUT2D eigenvalue weighted by atomic mass is 32.2. The van der Waals surface area contributed by atoms with Crippen molar-refractivity contribution in [2.75, 3.05) is 47.7 Å². The van der Waals surface area contributed by atoms with Gasteiger partial charge in [0.05, 0.1) is 0 Å². The average Bonchev–Trinajstić information content (AvgIpc) is 2.77. The highest BCUT2D eigenvalue weighted by Crippen LogP contribution is 2.25. The Labute approximate surface area is 206 Å². The van der Waals surface area contributed by atoms with Crippen molar-refractivity contribution in [2.45, 2.75) is 6.42 Å². The third kappa shape index (κ3) is 6.54. The second-order valence-corrected chi connectivity index (χ2v) is 10.8. The number of anilines is 5. The van der Waals surface area contributed by atoms with Gasteiger partial charge in [-0.1, -0.05) is 12.1 Å². The Balaban J connectivity index is 0.00000361. The fourth-order valence-electron chi connectivity index (χ4n) is 3.31. The van der Waals surface area contributed by atoms with Gasteiger partial charge in [-0.25, -0.2) is 14.2 Å². The molecule has 0 saturated carbocycles. The number of carbonyl (C=O) groups is 1. The Kier molecular flexibility index (Phi) is 7.25. The van der Waals surface area contributed by atoms with Crippen LogP contribution in [0.3, 0.4) is 0 Å². The molecule has 0 spiro atoms. The number of pyridine rings is 1. The van der Waals surface area contributed by atoms with E-state index < -0.39 is 9.73 Å². The van der Waals surface area contributed by atoms with E-state index in [1.807, 2.05) is 12.1 Å². The maximum atomic E-state index is 12.7. The molecule has 4 rings (SSSR count). The normalized spacial score (nSPS) is 12.9. The van der Waals surface area contributed by atoms with E-state index in [0.29, 0.717) is 24.1 Å². The van der Waals surface area contributed by atoms with Crippen molar-refractivity contribution in [1.82, 2.24) is 20.3 Å². The van der Waals surface area contributed by atoms with E-state index >= 15 is 0 Å². The van der Waals surface area contributed by atoms with Crippen molar-refractivity contribution in [2.24, 2.45) is 4.36 Å². The van der Waals surface area contributed by atoms with Gasteiger partial charge in [-0.3, -0.25) is 4.79 Å². The number of carbonyl (C=O) groups excluding carboxylic acids is 1. The molecule has 3 N–H and O–H groups in total. The Morgan fingerprint density at radius 2 is 1.94 bits per heavy atom. The molecule has 35 heavy (non-hydrogen) atoms. The number of benzene rings is 1. The van der Waals surface area contributed by atoms with Gasteiger partial charge in [0, 0.05) is 60.9 Å². The lowest BCUT2D eigenvalue weighted by atomic mass is 10.1. The van der Waals surface area contributed by atoms with Crippen molar-refractivity contribution < 1.29 is 10.4 Å². The van der Waals surface area contributed by atoms with Gasteiger partial charge in [0.2, 0.25) is 5.95 Å². The van der Waals surface area contributed by atoms with Crippen LogP contribution >= 0.6 is 0 Å². The maximum absolute atomic E-state index is 12.7. The van der Waals surface area contributed by atoms with Crippen LogP contribution in [0.2, 0.25) is 0 Å². The van der Waals surface area contributed by atoms with E-state index in [2.05, 4.69) is 58.9 Å². The molecule has 0 unspecified atom stereocenters. The third-order valence-electron chi connectivity index (χ3n) is 5.08. The Morgan fingerprint density at radius 1 is 1.17 bits per heavy atom. The monoisotopic (exact) mass is 494 g/mol. The molecular weight excluding hydrogens is 464 g/mol. The van der Waals surface area contributed by atoms with Crippen LogP contribution in [0, 0.1) is 0 Å². The predicted octanol–water partition coefficient (Wildman–Crippen LogP) is 4.09. The maximum Gasteiger partial charge on any atom is 0.256 e. The van der Waals surface area contributed by atoms with Crippen molar-refractivity contribution in [3.63, 3.8) is 0 Å². The van der Waals surface area contributed by atoms with Gasteiger partial charge in [0.25, 0.3) is 5.91 Å². The van der Waals surface area contributed by atoms with Gasteiger partial charge in [-0.15, -0.1) is 6.58 Å². The summed E-state index contributed by atoms with van der Waals surface area (Å²) in [6, 6.07) is 13.1. The Bertz CT molecular complexity index is 1340. The second kappa shape index (κ2) is 10.5. The first-order valence-electron chi connectivity index (χ1n) is 11.1. The van der Waals surface area contributed by atoms with E-state index in [0.717, 1.165) is 18.8 Å². The van der Waals surface area contributed by atoms with Crippen LogP contribution in [0.15, 0.2) is 65.7 Å². The lowest BCUT2D eigenvalue weighted by molar-refractivity contribution is 0.0958. The molecule has 2 aromatic heterocycles. The lowest BCUT2D eigenvalue weighted by Gasteiger charge is -2.33. The number of hydrogen-bond donors (Lipinski definition) is 3. The summed E-state index contributed by atoms with van der Waals surface area (Å²) in [5.41, 5.74) is 2.24. The summed E-state index contributed by atoms with van der Waals surface area (Å²) in [5.74, 6) is 0.937. The quantitative estimate of drug-likeness (QED) is 0.380. The molecule has 10 nitrogen and oxygen atoms in total. The number of aromatic nitrogens is 3. The van der Waals surface area contributed by atoms with Crippen LogP contribution in [-0.4, -0.2) is 57.2 Å². The van der Waals surface area contributed by atoms with E-state index in [-0.39, 0.29) is 18.7 Å². The van der Waals surface area contributed by atoms with Crippen LogP contribution in [-0.2, 0) is 9.73 Å². The van der Waals surface area contributed by atoms with Crippen molar-refractivity contribution in [1.29, 1.82) is 0 Å². The molecule has 0 bridgehead atoms. The summed E-state index contributed by atoms with van der Waals surface area (Å²) in [7, 11) is -2.37. The SMILES string of the molecule is C=CCNC(=O)c1cnc(Nc2ccc(N3CCC3)cc2)nc1Nc1cccc(N=S(C)(C)=O)n1.[HH]. The molecule has 3 heterocycles. The number of nitrogens with zero attached hydrogens (tertiary/aromatic N) is 5. The standard InChI is InChI=1S/C24H28N8O2S.H2/c1-4-13-25-23(33)19-16-26-24(27-17-9-11-18(12-10-17)32-14-6-15-32)30-22(19)29-20-7-5-8-21(28-20)31-35(2,3)34;/h4-5,7-12,16H,1,6,13-15H2,2-3H3,(H,25,33)(H2,26,27,28,29,30);1H. The van der Waals surface area contributed by atoms with Gasteiger partial charge in [-0.2, -0.15) is 9.35 Å². The molecule has 1 aromatic carbocycles. The first-order chi connectivity index (χ1) is 16.8. The van der Waals surface area contributed by atoms with Crippen molar-refractivity contribution in [3.8, 4) is 0 Å². The molecule has 0 radical (unpaired) electrons. The van der Waals surface area contributed by atoms with Gasteiger partial charge >= 0.3 is 0 Å². The first-order valence-corrected chi connectivity index (χ1v) is 13.4. The van der Waals surface area contributed by atoms with E-state index in [1.54, 1.807) is 24.3 Å². The fraction of sp³-hybridized carbons (Fsp3) is 0.250. The topological polar surface area (TPSA) is 125 Å². The molecule has 11 heteroatoms. The van der Waals surface area contributed by atoms with E-state index in [4.69, 9.17) is 0 Å². The zero-order valence-corrected chi connectivity index (χ0v) is 20.5.